The second-order valence-electron chi connectivity index (χ2n) is 11.3. The second kappa shape index (κ2) is 6.64. The van der Waals surface area contributed by atoms with Gasteiger partial charge in [-0.3, -0.25) is 0 Å². The van der Waals surface area contributed by atoms with Crippen molar-refractivity contribution >= 4 is 17.0 Å². The Kier molecular flexibility index (Phi) is 4.08. The molecule has 1 saturated heterocycles. The Morgan fingerprint density at radius 3 is 2.53 bits per heavy atom. The van der Waals surface area contributed by atoms with Crippen LogP contribution in [-0.4, -0.2) is 55.3 Å². The van der Waals surface area contributed by atoms with Crippen molar-refractivity contribution in [3.63, 3.8) is 0 Å². The quantitative estimate of drug-likeness (QED) is 0.713. The van der Waals surface area contributed by atoms with E-state index in [4.69, 9.17) is 14.5 Å². The molecule has 5 fully saturated rings. The standard InChI is InChI=1S/C24H33N5O3/c1-23(2)31-19-18(15-9-24(15,10-30)20(19)32-23)29-12-27-17-21(25-11-26-22(17)29)28-16(13-5-3-6-13)14-7-4-8-14/h11-16,18-20,30H,3-10H2,1-2H3,(H,25,26,28)/t15-,18-,19+,20+,24+/m1/s1. The molecule has 0 amide bonds. The van der Waals surface area contributed by atoms with E-state index in [0.29, 0.717) is 12.0 Å². The van der Waals surface area contributed by atoms with E-state index in [0.717, 1.165) is 35.2 Å². The van der Waals surface area contributed by atoms with E-state index in [2.05, 4.69) is 19.9 Å². The number of aromatic nitrogens is 4. The Labute approximate surface area is 188 Å². The largest absolute Gasteiger partial charge is 0.396 e. The topological polar surface area (TPSA) is 94.3 Å². The fourth-order valence-corrected chi connectivity index (χ4v) is 7.03. The molecule has 2 N–H and O–H groups in total. The van der Waals surface area contributed by atoms with E-state index in [1.165, 1.54) is 38.5 Å². The van der Waals surface area contributed by atoms with E-state index < -0.39 is 5.79 Å². The molecule has 4 aliphatic carbocycles. The molecule has 0 radical (unpaired) electrons. The molecule has 172 valence electrons. The van der Waals surface area contributed by atoms with E-state index in [1.807, 2.05) is 20.2 Å². The summed E-state index contributed by atoms with van der Waals surface area (Å²) in [6.07, 6.45) is 12.3. The third-order valence-corrected chi connectivity index (χ3v) is 9.22. The highest BCUT2D eigenvalue weighted by Gasteiger charge is 2.75. The van der Waals surface area contributed by atoms with Crippen molar-refractivity contribution in [3.8, 4) is 0 Å². The summed E-state index contributed by atoms with van der Waals surface area (Å²) in [5, 5.41) is 14.0. The maximum absolute atomic E-state index is 10.2. The van der Waals surface area contributed by atoms with Crippen molar-refractivity contribution in [1.82, 2.24) is 19.5 Å². The van der Waals surface area contributed by atoms with Crippen molar-refractivity contribution in [1.29, 1.82) is 0 Å². The van der Waals surface area contributed by atoms with Gasteiger partial charge in [0.25, 0.3) is 0 Å². The number of hydrogen-bond donors (Lipinski definition) is 2. The van der Waals surface area contributed by atoms with Gasteiger partial charge in [0.2, 0.25) is 0 Å². The van der Waals surface area contributed by atoms with Crippen LogP contribution in [0.4, 0.5) is 5.82 Å². The Bertz CT molecular complexity index is 1030. The molecule has 32 heavy (non-hydrogen) atoms. The molecule has 2 aromatic rings. The zero-order valence-corrected chi connectivity index (χ0v) is 18.9. The van der Waals surface area contributed by atoms with Crippen molar-refractivity contribution in [2.24, 2.45) is 23.2 Å². The average molecular weight is 440 g/mol. The van der Waals surface area contributed by atoms with Crippen LogP contribution in [0.2, 0.25) is 0 Å². The lowest BCUT2D eigenvalue weighted by Crippen LogP contribution is -2.42. The van der Waals surface area contributed by atoms with Gasteiger partial charge in [-0.1, -0.05) is 12.8 Å². The monoisotopic (exact) mass is 439 g/mol. The summed E-state index contributed by atoms with van der Waals surface area (Å²) in [7, 11) is 0. The number of ether oxygens (including phenoxy) is 2. The molecule has 1 aliphatic heterocycles. The van der Waals surface area contributed by atoms with Crippen LogP contribution < -0.4 is 5.32 Å². The lowest BCUT2D eigenvalue weighted by molar-refractivity contribution is -0.163. The lowest BCUT2D eigenvalue weighted by Gasteiger charge is -2.43. The van der Waals surface area contributed by atoms with Gasteiger partial charge in [0.15, 0.2) is 17.3 Å². The number of aliphatic hydroxyl groups excluding tert-OH is 1. The summed E-state index contributed by atoms with van der Waals surface area (Å²) in [5.74, 6) is 2.05. The number of hydrogen-bond acceptors (Lipinski definition) is 7. The van der Waals surface area contributed by atoms with Crippen LogP contribution in [0.3, 0.4) is 0 Å². The summed E-state index contributed by atoms with van der Waals surface area (Å²) >= 11 is 0. The summed E-state index contributed by atoms with van der Waals surface area (Å²) in [6.45, 7) is 4.05. The summed E-state index contributed by atoms with van der Waals surface area (Å²) < 4.78 is 14.8. The molecular weight excluding hydrogens is 406 g/mol. The number of anilines is 1. The Hall–Kier alpha value is -1.77. The Morgan fingerprint density at radius 2 is 1.88 bits per heavy atom. The van der Waals surface area contributed by atoms with Crippen LogP contribution in [0.25, 0.3) is 11.2 Å². The second-order valence-corrected chi connectivity index (χ2v) is 11.3. The first-order valence-electron chi connectivity index (χ1n) is 12.4. The predicted octanol–water partition coefficient (Wildman–Crippen LogP) is 3.28. The minimum atomic E-state index is -0.639. The maximum Gasteiger partial charge on any atom is 0.165 e. The zero-order valence-electron chi connectivity index (χ0n) is 18.9. The van der Waals surface area contributed by atoms with Gasteiger partial charge in [0, 0.05) is 11.5 Å². The number of fused-ring (bicyclic) bond motifs is 4. The minimum Gasteiger partial charge on any atom is -0.396 e. The van der Waals surface area contributed by atoms with Crippen molar-refractivity contribution < 1.29 is 14.6 Å². The highest BCUT2D eigenvalue weighted by atomic mass is 16.8. The molecule has 8 nitrogen and oxygen atoms in total. The van der Waals surface area contributed by atoms with Crippen LogP contribution >= 0.6 is 0 Å². The Morgan fingerprint density at radius 1 is 1.12 bits per heavy atom. The molecule has 5 atom stereocenters. The number of imidazole rings is 1. The fourth-order valence-electron chi connectivity index (χ4n) is 7.03. The van der Waals surface area contributed by atoms with E-state index in [9.17, 15) is 5.11 Å². The molecule has 0 spiro atoms. The highest BCUT2D eigenvalue weighted by Crippen LogP contribution is 2.71. The fraction of sp³-hybridized carbons (Fsp3) is 0.792. The smallest absolute Gasteiger partial charge is 0.165 e. The minimum absolute atomic E-state index is 0.0655. The highest BCUT2D eigenvalue weighted by molar-refractivity contribution is 5.83. The first-order chi connectivity index (χ1) is 15.5. The average Bonchev–Trinajstić information content (AvgIpc) is 2.95. The molecule has 0 bridgehead atoms. The molecule has 0 aromatic carbocycles. The first kappa shape index (κ1) is 19.7. The number of nitrogens with zero attached hydrogens (tertiary/aromatic N) is 4. The van der Waals surface area contributed by atoms with Crippen LogP contribution in [0.1, 0.15) is 64.8 Å². The van der Waals surface area contributed by atoms with Crippen molar-refractivity contribution in [2.45, 2.75) is 88.9 Å². The van der Waals surface area contributed by atoms with Gasteiger partial charge in [0.05, 0.1) is 25.1 Å². The van der Waals surface area contributed by atoms with Gasteiger partial charge in [-0.05, 0) is 63.7 Å². The van der Waals surface area contributed by atoms with Gasteiger partial charge in [-0.15, -0.1) is 0 Å². The molecular formula is C24H33N5O3. The van der Waals surface area contributed by atoms with Crippen molar-refractivity contribution in [3.05, 3.63) is 12.7 Å². The number of nitrogens with one attached hydrogen (secondary N) is 1. The third-order valence-electron chi connectivity index (χ3n) is 9.22. The normalized spacial score (nSPS) is 37.9. The van der Waals surface area contributed by atoms with Gasteiger partial charge in [-0.2, -0.15) is 0 Å². The first-order valence-corrected chi connectivity index (χ1v) is 12.4. The Balaban J connectivity index is 1.23. The molecule has 0 unspecified atom stereocenters. The van der Waals surface area contributed by atoms with E-state index in [1.54, 1.807) is 6.33 Å². The summed E-state index contributed by atoms with van der Waals surface area (Å²) in [4.78, 5) is 14.1. The van der Waals surface area contributed by atoms with Crippen LogP contribution in [0.15, 0.2) is 12.7 Å². The number of rotatable bonds is 6. The van der Waals surface area contributed by atoms with Gasteiger partial charge in [0.1, 0.15) is 17.9 Å². The molecule has 5 aliphatic rings. The lowest BCUT2D eigenvalue weighted by atomic mass is 9.68. The third kappa shape index (κ3) is 2.63. The zero-order chi connectivity index (χ0) is 21.7. The van der Waals surface area contributed by atoms with Crippen LogP contribution in [0, 0.1) is 23.2 Å². The van der Waals surface area contributed by atoms with E-state index in [-0.39, 0.29) is 30.3 Å². The van der Waals surface area contributed by atoms with E-state index >= 15 is 0 Å². The summed E-state index contributed by atoms with van der Waals surface area (Å²) in [5.41, 5.74) is 1.49. The molecule has 7 rings (SSSR count). The molecule has 2 aromatic heterocycles. The van der Waals surface area contributed by atoms with Gasteiger partial charge < -0.3 is 24.5 Å². The molecule has 3 heterocycles. The summed E-state index contributed by atoms with van der Waals surface area (Å²) in [6, 6.07) is 0.560. The molecule has 4 saturated carbocycles. The molecule has 8 heteroatoms. The number of aliphatic hydroxyl groups is 1. The van der Waals surface area contributed by atoms with Crippen molar-refractivity contribution in [2.75, 3.05) is 11.9 Å². The van der Waals surface area contributed by atoms with Gasteiger partial charge in [-0.25, -0.2) is 15.0 Å². The van der Waals surface area contributed by atoms with Crippen LogP contribution in [0.5, 0.6) is 0 Å². The van der Waals surface area contributed by atoms with Crippen LogP contribution in [-0.2, 0) is 9.47 Å². The maximum atomic E-state index is 10.2. The predicted molar refractivity (Wildman–Crippen MR) is 118 cm³/mol. The van der Waals surface area contributed by atoms with Gasteiger partial charge >= 0.3 is 0 Å². The SMILES string of the molecule is CC1(C)O[C@H]2[C@H](n3cnc4c(NC(C5CCC5)C5CCC5)ncnc43)[C@H]3C[C@@]3(CO)[C@H]2O1.